The molecule has 0 bridgehead atoms. The molecule has 2 heterocycles. The first-order chi connectivity index (χ1) is 19.9. The summed E-state index contributed by atoms with van der Waals surface area (Å²) < 4.78 is 77.2. The van der Waals surface area contributed by atoms with Crippen LogP contribution < -0.4 is 10.2 Å². The van der Waals surface area contributed by atoms with Crippen LogP contribution in [0, 0.1) is 5.41 Å². The van der Waals surface area contributed by atoms with Crippen LogP contribution in [0.3, 0.4) is 0 Å². The Morgan fingerprint density at radius 1 is 1.12 bits per heavy atom. The van der Waals surface area contributed by atoms with Crippen LogP contribution in [-0.4, -0.2) is 45.8 Å². The molecule has 0 unspecified atom stereocenters. The van der Waals surface area contributed by atoms with Gasteiger partial charge in [0.25, 0.3) is 11.8 Å². The molecule has 3 fully saturated rings. The number of amides is 1. The molecule has 12 heteroatoms. The smallest absolute Gasteiger partial charge is 0.381 e. The van der Waals surface area contributed by atoms with E-state index in [1.165, 1.54) is 11.0 Å². The number of hydrogen-bond donors (Lipinski definition) is 1. The van der Waals surface area contributed by atoms with Gasteiger partial charge in [-0.25, -0.2) is 8.78 Å². The van der Waals surface area contributed by atoms with Gasteiger partial charge in [-0.2, -0.15) is 13.2 Å². The van der Waals surface area contributed by atoms with Crippen molar-refractivity contribution >= 4 is 11.6 Å². The number of halogens is 5. The van der Waals surface area contributed by atoms with Crippen LogP contribution in [0.25, 0.3) is 0 Å². The number of nitrogens with zero attached hydrogens (tertiary/aromatic N) is 4. The molecule has 0 radical (unpaired) electrons. The highest BCUT2D eigenvalue weighted by atomic mass is 19.4. The fourth-order valence-corrected chi connectivity index (χ4v) is 7.27. The Morgan fingerprint density at radius 2 is 1.86 bits per heavy atom. The molecule has 1 amide bonds. The summed E-state index contributed by atoms with van der Waals surface area (Å²) in [7, 11) is 3.51. The van der Waals surface area contributed by atoms with Gasteiger partial charge in [-0.1, -0.05) is 12.1 Å². The lowest BCUT2D eigenvalue weighted by Crippen LogP contribution is -2.48. The third-order valence-electron chi connectivity index (χ3n) is 9.82. The third kappa shape index (κ3) is 4.09. The van der Waals surface area contributed by atoms with Gasteiger partial charge in [-0.3, -0.25) is 4.79 Å². The van der Waals surface area contributed by atoms with Gasteiger partial charge < -0.3 is 19.5 Å². The molecule has 222 valence electrons. The molecule has 7 nitrogen and oxygen atoms in total. The van der Waals surface area contributed by atoms with Crippen LogP contribution >= 0.6 is 0 Å². The van der Waals surface area contributed by atoms with Crippen molar-refractivity contribution < 1.29 is 31.5 Å². The molecule has 3 aliphatic carbocycles. The summed E-state index contributed by atoms with van der Waals surface area (Å²) >= 11 is 0. The number of benzene rings is 2. The Kier molecular flexibility index (Phi) is 5.92. The summed E-state index contributed by atoms with van der Waals surface area (Å²) in [4.78, 5) is 15.0. The predicted octanol–water partition coefficient (Wildman–Crippen LogP) is 5.37. The van der Waals surface area contributed by atoms with E-state index in [0.717, 1.165) is 17.5 Å². The number of methoxy groups -OCH3 is 1. The fraction of sp³-hybridized carbons (Fsp3) is 0.500. The van der Waals surface area contributed by atoms with E-state index in [-0.39, 0.29) is 42.8 Å². The van der Waals surface area contributed by atoms with Gasteiger partial charge in [-0.05, 0) is 66.6 Å². The fourth-order valence-electron chi connectivity index (χ4n) is 7.27. The summed E-state index contributed by atoms with van der Waals surface area (Å²) in [5.74, 6) is -2.39. The van der Waals surface area contributed by atoms with Gasteiger partial charge >= 0.3 is 6.18 Å². The van der Waals surface area contributed by atoms with Crippen LogP contribution in [0.1, 0.15) is 70.5 Å². The molecule has 1 N–H and O–H groups in total. The lowest BCUT2D eigenvalue weighted by Gasteiger charge is -2.46. The number of ether oxygens (including phenoxy) is 1. The Bertz CT molecular complexity index is 1570. The molecular formula is C30H30F5N5O2. The van der Waals surface area contributed by atoms with Gasteiger partial charge in [0.2, 0.25) is 0 Å². The number of hydrogen-bond acceptors (Lipinski definition) is 5. The molecule has 42 heavy (non-hydrogen) atoms. The number of fused-ring (bicyclic) bond motifs is 1. The number of alkyl halides is 5. The van der Waals surface area contributed by atoms with Crippen molar-refractivity contribution in [3.63, 3.8) is 0 Å². The van der Waals surface area contributed by atoms with Crippen molar-refractivity contribution in [2.45, 2.75) is 74.9 Å². The molecule has 3 saturated carbocycles. The number of anilines is 1. The maximum atomic E-state index is 14.2. The maximum absolute atomic E-state index is 14.2. The van der Waals surface area contributed by atoms with Crippen molar-refractivity contribution in [1.82, 2.24) is 20.1 Å². The standard InChI is InChI=1S/C30H30F5N5O2/c1-39-16-37-38-26(39)28(11-21(12-28)42-2)18-4-3-5-20(8-18)40-14-23-22(25(40)41)6-17(7-24(23)30(33,34)35)13-36-19-9-27(10-19)15-29(27,31)32/h3-8,16,19,21,36H,9-15H2,1-2H3/t19?,21-,27?,28-. The van der Waals surface area contributed by atoms with E-state index in [4.69, 9.17) is 4.74 Å². The minimum absolute atomic E-state index is 0.0111. The Morgan fingerprint density at radius 3 is 2.48 bits per heavy atom. The molecule has 4 aliphatic rings. The lowest BCUT2D eigenvalue weighted by molar-refractivity contribution is -0.138. The molecular weight excluding hydrogens is 557 g/mol. The Labute approximate surface area is 239 Å². The van der Waals surface area contributed by atoms with E-state index in [1.807, 2.05) is 23.7 Å². The maximum Gasteiger partial charge on any atom is 0.416 e. The summed E-state index contributed by atoms with van der Waals surface area (Å²) in [6, 6.07) is 9.70. The Hall–Kier alpha value is -3.38. The highest BCUT2D eigenvalue weighted by molar-refractivity contribution is 6.10. The molecule has 7 rings (SSSR count). The molecule has 1 spiro atoms. The second kappa shape index (κ2) is 9.06. The third-order valence-corrected chi connectivity index (χ3v) is 9.82. The monoisotopic (exact) mass is 587 g/mol. The van der Waals surface area contributed by atoms with Gasteiger partial charge in [0, 0.05) is 49.8 Å². The van der Waals surface area contributed by atoms with E-state index in [9.17, 15) is 26.7 Å². The van der Waals surface area contributed by atoms with E-state index in [2.05, 4.69) is 15.5 Å². The highest BCUT2D eigenvalue weighted by Crippen LogP contribution is 2.71. The molecule has 0 saturated heterocycles. The number of carbonyl (C=O) groups is 1. The first-order valence-corrected chi connectivity index (χ1v) is 14.0. The van der Waals surface area contributed by atoms with Crippen LogP contribution in [0.2, 0.25) is 0 Å². The average Bonchev–Trinajstić information content (AvgIpc) is 3.14. The van der Waals surface area contributed by atoms with Gasteiger partial charge in [0.15, 0.2) is 0 Å². The summed E-state index contributed by atoms with van der Waals surface area (Å²) in [5, 5.41) is 11.5. The second-order valence-electron chi connectivity index (χ2n) is 12.4. The second-order valence-corrected chi connectivity index (χ2v) is 12.4. The number of carbonyl (C=O) groups excluding carboxylic acids is 1. The minimum atomic E-state index is -4.66. The lowest BCUT2D eigenvalue weighted by atomic mass is 9.62. The summed E-state index contributed by atoms with van der Waals surface area (Å²) in [5.41, 5.74) is -0.652. The van der Waals surface area contributed by atoms with Crippen molar-refractivity contribution in [1.29, 1.82) is 0 Å². The van der Waals surface area contributed by atoms with E-state index in [0.29, 0.717) is 36.9 Å². The zero-order valence-corrected chi connectivity index (χ0v) is 23.1. The summed E-state index contributed by atoms with van der Waals surface area (Å²) in [6.07, 6.45) is -1.21. The molecule has 3 aromatic rings. The number of aromatic nitrogens is 3. The molecule has 1 aliphatic heterocycles. The van der Waals surface area contributed by atoms with Crippen molar-refractivity contribution in [2.75, 3.05) is 12.0 Å². The van der Waals surface area contributed by atoms with Gasteiger partial charge in [0.1, 0.15) is 12.2 Å². The zero-order valence-electron chi connectivity index (χ0n) is 23.1. The minimum Gasteiger partial charge on any atom is -0.381 e. The van der Waals surface area contributed by atoms with Gasteiger partial charge in [0.05, 0.1) is 23.6 Å². The van der Waals surface area contributed by atoms with Crippen molar-refractivity contribution in [2.24, 2.45) is 12.5 Å². The number of aryl methyl sites for hydroxylation is 1. The molecule has 2 aromatic carbocycles. The van der Waals surface area contributed by atoms with Crippen LogP contribution in [0.5, 0.6) is 0 Å². The first kappa shape index (κ1) is 27.5. The van der Waals surface area contributed by atoms with E-state index < -0.39 is 34.4 Å². The largest absolute Gasteiger partial charge is 0.416 e. The highest BCUT2D eigenvalue weighted by Gasteiger charge is 2.75. The van der Waals surface area contributed by atoms with Crippen molar-refractivity contribution in [3.05, 3.63) is 76.4 Å². The molecule has 1 aromatic heterocycles. The quantitative estimate of drug-likeness (QED) is 0.377. The Balaban J connectivity index is 1.16. The molecule has 0 atom stereocenters. The first-order valence-electron chi connectivity index (χ1n) is 14.0. The average molecular weight is 588 g/mol. The van der Waals surface area contributed by atoms with E-state index >= 15 is 0 Å². The van der Waals surface area contributed by atoms with Crippen LogP contribution in [0.15, 0.2) is 42.7 Å². The van der Waals surface area contributed by atoms with Crippen LogP contribution in [0.4, 0.5) is 27.6 Å². The number of nitrogens with one attached hydrogen (secondary N) is 1. The van der Waals surface area contributed by atoms with Crippen LogP contribution in [-0.2, 0) is 36.5 Å². The summed E-state index contributed by atoms with van der Waals surface area (Å²) in [6.45, 7) is -0.148. The normalized spacial score (nSPS) is 29.4. The number of rotatable bonds is 7. The SMILES string of the molecule is CO[C@H]1C[C@](c2cccc(N3Cc4c(cc(CNC5CC6(C5)CC6(F)F)cc4C(F)(F)F)C3=O)c2)(c2nncn2C)C1. The van der Waals surface area contributed by atoms with Crippen molar-refractivity contribution in [3.8, 4) is 0 Å². The zero-order chi connectivity index (χ0) is 29.7. The van der Waals surface area contributed by atoms with E-state index in [1.54, 1.807) is 25.6 Å². The van der Waals surface area contributed by atoms with Gasteiger partial charge in [-0.15, -0.1) is 10.2 Å². The predicted molar refractivity (Wildman–Crippen MR) is 142 cm³/mol. The topological polar surface area (TPSA) is 72.3 Å².